The molecule has 0 aliphatic carbocycles. The van der Waals surface area contributed by atoms with E-state index >= 15 is 0 Å². The molecule has 1 aromatic rings. The molecular formula is C9H12ClN3O3S. The van der Waals surface area contributed by atoms with Crippen LogP contribution in [0.1, 0.15) is 16.8 Å². The van der Waals surface area contributed by atoms with Crippen LogP contribution in [0, 0.1) is 0 Å². The Balaban J connectivity index is 2.44. The highest BCUT2D eigenvalue weighted by Crippen LogP contribution is 2.10. The number of hydrogen-bond acceptors (Lipinski definition) is 4. The molecule has 1 amide bonds. The number of hydrogen-bond donors (Lipinski definition) is 2. The van der Waals surface area contributed by atoms with Crippen LogP contribution >= 0.6 is 11.6 Å². The SMILES string of the molecule is NS(=O)(=O)CCCNC(=O)c1cccnc1Cl. The maximum Gasteiger partial charge on any atom is 0.254 e. The van der Waals surface area contributed by atoms with Crippen LogP contribution in [0.4, 0.5) is 0 Å². The van der Waals surface area contributed by atoms with Crippen molar-refractivity contribution in [2.45, 2.75) is 6.42 Å². The number of amides is 1. The molecule has 3 N–H and O–H groups in total. The van der Waals surface area contributed by atoms with E-state index in [1.165, 1.54) is 12.3 Å². The molecule has 0 aliphatic heterocycles. The summed E-state index contributed by atoms with van der Waals surface area (Å²) >= 11 is 5.72. The van der Waals surface area contributed by atoms with Gasteiger partial charge in [0, 0.05) is 12.7 Å². The number of nitrogens with zero attached hydrogens (tertiary/aromatic N) is 1. The Kier molecular flexibility index (Phi) is 4.86. The third-order valence-corrected chi connectivity index (χ3v) is 3.05. The fraction of sp³-hybridized carbons (Fsp3) is 0.333. The summed E-state index contributed by atoms with van der Waals surface area (Å²) in [7, 11) is -3.48. The molecule has 1 aromatic heterocycles. The summed E-state index contributed by atoms with van der Waals surface area (Å²) in [6, 6.07) is 3.12. The number of primary sulfonamides is 1. The van der Waals surface area contributed by atoms with Gasteiger partial charge >= 0.3 is 0 Å². The van der Waals surface area contributed by atoms with Crippen LogP contribution < -0.4 is 10.5 Å². The molecule has 0 aliphatic rings. The lowest BCUT2D eigenvalue weighted by Gasteiger charge is -2.05. The van der Waals surface area contributed by atoms with Gasteiger partial charge in [-0.05, 0) is 18.6 Å². The summed E-state index contributed by atoms with van der Waals surface area (Å²) in [5.74, 6) is -0.564. The number of carbonyl (C=O) groups is 1. The first-order valence-corrected chi connectivity index (χ1v) is 6.88. The monoisotopic (exact) mass is 277 g/mol. The first-order chi connectivity index (χ1) is 7.90. The van der Waals surface area contributed by atoms with Crippen molar-refractivity contribution >= 4 is 27.5 Å². The number of sulfonamides is 1. The predicted molar refractivity (Wildman–Crippen MR) is 64.2 cm³/mol. The topological polar surface area (TPSA) is 102 Å². The van der Waals surface area contributed by atoms with Gasteiger partial charge in [0.15, 0.2) is 0 Å². The van der Waals surface area contributed by atoms with E-state index < -0.39 is 15.9 Å². The first-order valence-electron chi connectivity index (χ1n) is 4.79. The number of rotatable bonds is 5. The van der Waals surface area contributed by atoms with E-state index in [-0.39, 0.29) is 29.4 Å². The van der Waals surface area contributed by atoms with Crippen molar-refractivity contribution in [3.63, 3.8) is 0 Å². The number of halogens is 1. The van der Waals surface area contributed by atoms with Gasteiger partial charge in [-0.15, -0.1) is 0 Å². The molecule has 0 atom stereocenters. The molecule has 94 valence electrons. The second-order valence-corrected chi connectivity index (χ2v) is 5.41. The Morgan fingerprint density at radius 2 is 2.24 bits per heavy atom. The van der Waals surface area contributed by atoms with E-state index in [1.807, 2.05) is 0 Å². The average molecular weight is 278 g/mol. The van der Waals surface area contributed by atoms with Gasteiger partial charge in [0.1, 0.15) is 5.15 Å². The van der Waals surface area contributed by atoms with E-state index in [0.717, 1.165) is 0 Å². The van der Waals surface area contributed by atoms with E-state index in [9.17, 15) is 13.2 Å². The Labute approximate surface area is 104 Å². The Morgan fingerprint density at radius 3 is 2.82 bits per heavy atom. The fourth-order valence-corrected chi connectivity index (χ4v) is 1.88. The standard InChI is InChI=1S/C9H12ClN3O3S/c10-8-7(3-1-4-12-8)9(14)13-5-2-6-17(11,15)16/h1,3-4H,2,5-6H2,(H,13,14)(H2,11,15,16). The third-order valence-electron chi connectivity index (χ3n) is 1.89. The van der Waals surface area contributed by atoms with Crippen molar-refractivity contribution < 1.29 is 13.2 Å². The van der Waals surface area contributed by atoms with Crippen LogP contribution in [0.25, 0.3) is 0 Å². The Hall–Kier alpha value is -1.18. The predicted octanol–water partition coefficient (Wildman–Crippen LogP) is 0.143. The van der Waals surface area contributed by atoms with Crippen molar-refractivity contribution in [3.8, 4) is 0 Å². The molecule has 0 aromatic carbocycles. The molecule has 0 fully saturated rings. The summed E-state index contributed by atoms with van der Waals surface area (Å²) in [5, 5.41) is 7.45. The Bertz CT molecular complexity index is 504. The molecule has 1 rings (SSSR count). The number of nitrogens with one attached hydrogen (secondary N) is 1. The van der Waals surface area contributed by atoms with E-state index in [0.29, 0.717) is 0 Å². The number of aromatic nitrogens is 1. The zero-order chi connectivity index (χ0) is 12.9. The largest absolute Gasteiger partial charge is 0.352 e. The van der Waals surface area contributed by atoms with Gasteiger partial charge in [0.05, 0.1) is 11.3 Å². The summed E-state index contributed by atoms with van der Waals surface area (Å²) in [5.41, 5.74) is 0.254. The van der Waals surface area contributed by atoms with Crippen molar-refractivity contribution in [1.82, 2.24) is 10.3 Å². The lowest BCUT2D eigenvalue weighted by atomic mass is 10.2. The summed E-state index contributed by atoms with van der Waals surface area (Å²) in [4.78, 5) is 15.3. The van der Waals surface area contributed by atoms with Crippen LogP contribution in [-0.2, 0) is 10.0 Å². The van der Waals surface area contributed by atoms with Crippen LogP contribution in [-0.4, -0.2) is 31.6 Å². The van der Waals surface area contributed by atoms with Crippen LogP contribution in [0.3, 0.4) is 0 Å². The number of nitrogens with two attached hydrogens (primary N) is 1. The molecule has 0 unspecified atom stereocenters. The fourth-order valence-electron chi connectivity index (χ4n) is 1.13. The highest BCUT2D eigenvalue weighted by atomic mass is 35.5. The molecule has 0 saturated carbocycles. The van der Waals surface area contributed by atoms with Crippen LogP contribution in [0.5, 0.6) is 0 Å². The van der Waals surface area contributed by atoms with Crippen LogP contribution in [0.2, 0.25) is 5.15 Å². The molecule has 0 saturated heterocycles. The minimum atomic E-state index is -3.48. The maximum atomic E-state index is 11.6. The molecule has 8 heteroatoms. The summed E-state index contributed by atoms with van der Waals surface area (Å²) in [6.07, 6.45) is 1.72. The van der Waals surface area contributed by atoms with E-state index in [1.54, 1.807) is 6.07 Å². The lowest BCUT2D eigenvalue weighted by molar-refractivity contribution is 0.0953. The van der Waals surface area contributed by atoms with Crippen molar-refractivity contribution in [2.24, 2.45) is 5.14 Å². The minimum Gasteiger partial charge on any atom is -0.352 e. The van der Waals surface area contributed by atoms with Crippen molar-refractivity contribution in [2.75, 3.05) is 12.3 Å². The highest BCUT2D eigenvalue weighted by molar-refractivity contribution is 7.89. The van der Waals surface area contributed by atoms with Gasteiger partial charge < -0.3 is 5.32 Å². The minimum absolute atomic E-state index is 0.108. The second kappa shape index (κ2) is 5.95. The average Bonchev–Trinajstić information content (AvgIpc) is 2.23. The quantitative estimate of drug-likeness (QED) is 0.590. The lowest BCUT2D eigenvalue weighted by Crippen LogP contribution is -2.27. The van der Waals surface area contributed by atoms with Crippen molar-refractivity contribution in [3.05, 3.63) is 29.0 Å². The zero-order valence-electron chi connectivity index (χ0n) is 8.89. The van der Waals surface area contributed by atoms with Gasteiger partial charge in [-0.2, -0.15) is 0 Å². The van der Waals surface area contributed by atoms with Gasteiger partial charge in [0.2, 0.25) is 10.0 Å². The number of pyridine rings is 1. The van der Waals surface area contributed by atoms with Crippen molar-refractivity contribution in [1.29, 1.82) is 0 Å². The zero-order valence-corrected chi connectivity index (χ0v) is 10.5. The first kappa shape index (κ1) is 13.9. The third kappa shape index (κ3) is 5.12. The smallest absolute Gasteiger partial charge is 0.254 e. The second-order valence-electron chi connectivity index (χ2n) is 3.32. The van der Waals surface area contributed by atoms with Gasteiger partial charge in [-0.25, -0.2) is 18.5 Å². The van der Waals surface area contributed by atoms with Crippen LogP contribution in [0.15, 0.2) is 18.3 Å². The Morgan fingerprint density at radius 1 is 1.53 bits per heavy atom. The maximum absolute atomic E-state index is 11.6. The molecular weight excluding hydrogens is 266 g/mol. The molecule has 6 nitrogen and oxygen atoms in total. The van der Waals surface area contributed by atoms with E-state index in [2.05, 4.69) is 10.3 Å². The molecule has 0 bridgehead atoms. The molecule has 1 heterocycles. The molecule has 0 spiro atoms. The van der Waals surface area contributed by atoms with Gasteiger partial charge in [-0.1, -0.05) is 11.6 Å². The number of carbonyl (C=O) groups excluding carboxylic acids is 1. The summed E-state index contributed by atoms with van der Waals surface area (Å²) in [6.45, 7) is 0.209. The molecule has 17 heavy (non-hydrogen) atoms. The summed E-state index contributed by atoms with van der Waals surface area (Å²) < 4.78 is 21.3. The van der Waals surface area contributed by atoms with Gasteiger partial charge in [-0.3, -0.25) is 4.79 Å². The molecule has 0 radical (unpaired) electrons. The normalized spacial score (nSPS) is 11.2. The highest BCUT2D eigenvalue weighted by Gasteiger charge is 2.10. The van der Waals surface area contributed by atoms with E-state index in [4.69, 9.17) is 16.7 Å². The van der Waals surface area contributed by atoms with Gasteiger partial charge in [0.25, 0.3) is 5.91 Å².